The molecule has 1 aromatic carbocycles. The molecule has 9 nitrogen and oxygen atoms in total. The predicted octanol–water partition coefficient (Wildman–Crippen LogP) is 2.29. The van der Waals surface area contributed by atoms with E-state index in [4.69, 9.17) is 0 Å². The Kier molecular flexibility index (Phi) is 5.36. The number of sulfonamides is 1. The molecule has 0 aliphatic carbocycles. The lowest BCUT2D eigenvalue weighted by Crippen LogP contribution is -2.45. The maximum absolute atomic E-state index is 12.5. The SMILES string of the molecule is C[C@@H](O)c1nc2cnc3[nH]ccc3c2n1N1CCC(CNS(=O)(=O)c2ccccc2)CC1. The summed E-state index contributed by atoms with van der Waals surface area (Å²) in [7, 11) is -3.50. The van der Waals surface area contributed by atoms with E-state index in [-0.39, 0.29) is 10.8 Å². The highest BCUT2D eigenvalue weighted by Gasteiger charge is 2.27. The number of nitrogens with one attached hydrogen (secondary N) is 2. The Morgan fingerprint density at radius 3 is 2.69 bits per heavy atom. The molecule has 0 unspecified atom stereocenters. The van der Waals surface area contributed by atoms with Gasteiger partial charge in [0.1, 0.15) is 22.8 Å². The molecule has 168 valence electrons. The zero-order valence-electron chi connectivity index (χ0n) is 17.8. The summed E-state index contributed by atoms with van der Waals surface area (Å²) >= 11 is 0. The standard InChI is InChI=1S/C22H26N6O3S/c1-15(29)22-26-19-14-24-21-18(7-10-23-21)20(19)28(22)27-11-8-16(9-12-27)13-25-32(30,31)17-5-3-2-4-6-17/h2-7,10,14-16,25,29H,8-9,11-13H2,1H3,(H,23,24)/t15-/m1/s1. The molecule has 4 heterocycles. The van der Waals surface area contributed by atoms with Crippen molar-refractivity contribution in [3.8, 4) is 0 Å². The van der Waals surface area contributed by atoms with E-state index < -0.39 is 16.1 Å². The smallest absolute Gasteiger partial charge is 0.240 e. The number of imidazole rings is 1. The van der Waals surface area contributed by atoms with Crippen LogP contribution in [0.1, 0.15) is 31.7 Å². The minimum Gasteiger partial charge on any atom is -0.385 e. The third-order valence-corrected chi connectivity index (χ3v) is 7.51. The van der Waals surface area contributed by atoms with Gasteiger partial charge in [-0.05, 0) is 43.9 Å². The molecular formula is C22H26N6O3S. The molecule has 0 saturated carbocycles. The fourth-order valence-corrected chi connectivity index (χ4v) is 5.50. The molecule has 10 heteroatoms. The second kappa shape index (κ2) is 8.19. The van der Waals surface area contributed by atoms with E-state index in [2.05, 4.69) is 24.7 Å². The number of benzene rings is 1. The molecule has 5 rings (SSSR count). The predicted molar refractivity (Wildman–Crippen MR) is 122 cm³/mol. The van der Waals surface area contributed by atoms with Crippen LogP contribution < -0.4 is 9.73 Å². The summed E-state index contributed by atoms with van der Waals surface area (Å²) in [5.74, 6) is 0.821. The van der Waals surface area contributed by atoms with Gasteiger partial charge in [0.25, 0.3) is 0 Å². The number of fused-ring (bicyclic) bond motifs is 3. The van der Waals surface area contributed by atoms with Crippen LogP contribution in [0, 0.1) is 5.92 Å². The zero-order valence-corrected chi connectivity index (χ0v) is 18.6. The Morgan fingerprint density at radius 1 is 1.22 bits per heavy atom. The molecule has 1 atom stereocenters. The average Bonchev–Trinajstić information content (AvgIpc) is 3.43. The number of piperidine rings is 1. The lowest BCUT2D eigenvalue weighted by Gasteiger charge is -2.35. The summed E-state index contributed by atoms with van der Waals surface area (Å²) in [5.41, 5.74) is 2.45. The van der Waals surface area contributed by atoms with Crippen molar-refractivity contribution in [3.63, 3.8) is 0 Å². The number of rotatable bonds is 6. The van der Waals surface area contributed by atoms with Crippen molar-refractivity contribution in [3.05, 3.63) is 54.6 Å². The lowest BCUT2D eigenvalue weighted by molar-refractivity contribution is 0.182. The molecule has 1 saturated heterocycles. The Balaban J connectivity index is 1.34. The molecule has 4 aromatic rings. The van der Waals surface area contributed by atoms with Gasteiger partial charge in [-0.2, -0.15) is 0 Å². The number of aromatic amines is 1. The van der Waals surface area contributed by atoms with Crippen molar-refractivity contribution in [1.29, 1.82) is 0 Å². The monoisotopic (exact) mass is 454 g/mol. The summed E-state index contributed by atoms with van der Waals surface area (Å²) in [6.45, 7) is 3.59. The first-order chi connectivity index (χ1) is 15.4. The first kappa shape index (κ1) is 20.9. The van der Waals surface area contributed by atoms with Crippen LogP contribution in [0.25, 0.3) is 22.1 Å². The second-order valence-corrected chi connectivity index (χ2v) is 10.0. The van der Waals surface area contributed by atoms with E-state index in [0.29, 0.717) is 12.4 Å². The molecule has 1 aliphatic heterocycles. The van der Waals surface area contributed by atoms with E-state index in [1.54, 1.807) is 43.5 Å². The van der Waals surface area contributed by atoms with Crippen LogP contribution in [0.2, 0.25) is 0 Å². The minimum atomic E-state index is -3.50. The third-order valence-electron chi connectivity index (χ3n) is 6.07. The molecule has 0 radical (unpaired) electrons. The van der Waals surface area contributed by atoms with Crippen molar-refractivity contribution < 1.29 is 13.5 Å². The summed E-state index contributed by atoms with van der Waals surface area (Å²) in [5, 5.41) is 13.5. The quantitative estimate of drug-likeness (QED) is 0.412. The topological polar surface area (TPSA) is 116 Å². The normalized spacial score (nSPS) is 16.8. The van der Waals surface area contributed by atoms with E-state index in [1.165, 1.54) is 0 Å². The van der Waals surface area contributed by atoms with Crippen LogP contribution in [-0.4, -0.2) is 52.8 Å². The van der Waals surface area contributed by atoms with E-state index in [0.717, 1.165) is 48.0 Å². The van der Waals surface area contributed by atoms with Crippen LogP contribution in [-0.2, 0) is 10.0 Å². The van der Waals surface area contributed by atoms with Crippen molar-refractivity contribution in [2.45, 2.75) is 30.8 Å². The number of pyridine rings is 1. The van der Waals surface area contributed by atoms with Crippen LogP contribution >= 0.6 is 0 Å². The van der Waals surface area contributed by atoms with Crippen molar-refractivity contribution >= 4 is 32.1 Å². The summed E-state index contributed by atoms with van der Waals surface area (Å²) in [4.78, 5) is 12.5. The maximum Gasteiger partial charge on any atom is 0.240 e. The van der Waals surface area contributed by atoms with Gasteiger partial charge in [-0.1, -0.05) is 18.2 Å². The maximum atomic E-state index is 12.5. The van der Waals surface area contributed by atoms with Gasteiger partial charge < -0.3 is 15.1 Å². The Labute approximate surface area is 186 Å². The summed E-state index contributed by atoms with van der Waals surface area (Å²) in [6.07, 6.45) is 4.50. The number of aromatic nitrogens is 4. The van der Waals surface area contributed by atoms with E-state index in [1.807, 2.05) is 16.9 Å². The number of aliphatic hydroxyl groups is 1. The molecule has 0 bridgehead atoms. The van der Waals surface area contributed by atoms with Crippen molar-refractivity contribution in [2.75, 3.05) is 24.6 Å². The molecular weight excluding hydrogens is 428 g/mol. The number of hydrogen-bond acceptors (Lipinski definition) is 6. The van der Waals surface area contributed by atoms with Gasteiger partial charge in [0.2, 0.25) is 10.0 Å². The van der Waals surface area contributed by atoms with E-state index in [9.17, 15) is 13.5 Å². The number of H-pyrrole nitrogens is 1. The van der Waals surface area contributed by atoms with Crippen molar-refractivity contribution in [1.82, 2.24) is 24.4 Å². The Morgan fingerprint density at radius 2 is 1.97 bits per heavy atom. The van der Waals surface area contributed by atoms with Crippen LogP contribution in [0.3, 0.4) is 0 Å². The van der Waals surface area contributed by atoms with Gasteiger partial charge in [0.05, 0.1) is 11.1 Å². The molecule has 3 N–H and O–H groups in total. The van der Waals surface area contributed by atoms with Gasteiger partial charge >= 0.3 is 0 Å². The van der Waals surface area contributed by atoms with Gasteiger partial charge in [0.15, 0.2) is 5.82 Å². The Bertz CT molecular complexity index is 1340. The molecule has 32 heavy (non-hydrogen) atoms. The molecule has 0 spiro atoms. The fraction of sp³-hybridized carbons (Fsp3) is 0.364. The van der Waals surface area contributed by atoms with E-state index >= 15 is 0 Å². The van der Waals surface area contributed by atoms with Gasteiger partial charge in [-0.25, -0.2) is 27.8 Å². The Hall–Kier alpha value is -2.95. The van der Waals surface area contributed by atoms with Gasteiger partial charge in [-0.15, -0.1) is 0 Å². The highest BCUT2D eigenvalue weighted by atomic mass is 32.2. The minimum absolute atomic E-state index is 0.239. The zero-order chi connectivity index (χ0) is 22.3. The number of nitrogens with zero attached hydrogens (tertiary/aromatic N) is 4. The third kappa shape index (κ3) is 3.74. The largest absolute Gasteiger partial charge is 0.385 e. The summed E-state index contributed by atoms with van der Waals surface area (Å²) < 4.78 is 29.8. The van der Waals surface area contributed by atoms with Crippen LogP contribution in [0.5, 0.6) is 0 Å². The first-order valence-electron chi connectivity index (χ1n) is 10.8. The van der Waals surface area contributed by atoms with Crippen LogP contribution in [0.15, 0.2) is 53.7 Å². The molecule has 0 amide bonds. The molecule has 1 aliphatic rings. The summed E-state index contributed by atoms with van der Waals surface area (Å²) in [6, 6.07) is 10.4. The van der Waals surface area contributed by atoms with Crippen LogP contribution in [0.4, 0.5) is 0 Å². The highest BCUT2D eigenvalue weighted by molar-refractivity contribution is 7.89. The highest BCUT2D eigenvalue weighted by Crippen LogP contribution is 2.29. The lowest BCUT2D eigenvalue weighted by atomic mass is 9.98. The van der Waals surface area contributed by atoms with Gasteiger partial charge in [-0.3, -0.25) is 0 Å². The number of aliphatic hydroxyl groups excluding tert-OH is 1. The molecule has 1 fully saturated rings. The fourth-order valence-electron chi connectivity index (χ4n) is 4.36. The first-order valence-corrected chi connectivity index (χ1v) is 12.2. The van der Waals surface area contributed by atoms with Crippen molar-refractivity contribution in [2.24, 2.45) is 5.92 Å². The number of hydrogen-bond donors (Lipinski definition) is 3. The second-order valence-electron chi connectivity index (χ2n) is 8.25. The average molecular weight is 455 g/mol. The molecule has 3 aromatic heterocycles. The van der Waals surface area contributed by atoms with Gasteiger partial charge in [0, 0.05) is 31.2 Å².